The summed E-state index contributed by atoms with van der Waals surface area (Å²) >= 11 is 5.78. The van der Waals surface area contributed by atoms with Gasteiger partial charge in [0.05, 0.1) is 0 Å². The van der Waals surface area contributed by atoms with E-state index < -0.39 is 18.8 Å². The van der Waals surface area contributed by atoms with E-state index in [4.69, 9.17) is 16.3 Å². The summed E-state index contributed by atoms with van der Waals surface area (Å²) < 4.78 is 5.08. The number of hydrogen-bond acceptors (Lipinski definition) is 4. The molecule has 0 saturated carbocycles. The SMILES string of the molecule is CC(C)(C)OC(=O)NCc1ccc(Cl)cc1B(O)O. The lowest BCUT2D eigenvalue weighted by atomic mass is 9.77. The van der Waals surface area contributed by atoms with Crippen LogP contribution in [-0.2, 0) is 11.3 Å². The first kappa shape index (κ1) is 15.8. The maximum atomic E-state index is 11.5. The van der Waals surface area contributed by atoms with E-state index >= 15 is 0 Å². The summed E-state index contributed by atoms with van der Waals surface area (Å²) in [4.78, 5) is 11.5. The molecule has 7 heteroatoms. The van der Waals surface area contributed by atoms with Crippen molar-refractivity contribution in [3.05, 3.63) is 28.8 Å². The molecule has 0 aromatic heterocycles. The topological polar surface area (TPSA) is 78.8 Å². The van der Waals surface area contributed by atoms with Crippen LogP contribution in [0.3, 0.4) is 0 Å². The predicted molar refractivity (Wildman–Crippen MR) is 74.4 cm³/mol. The van der Waals surface area contributed by atoms with Crippen molar-refractivity contribution in [1.29, 1.82) is 0 Å². The standard InChI is InChI=1S/C12H17BClNO4/c1-12(2,3)19-11(16)15-7-8-4-5-9(14)6-10(8)13(17)18/h4-6,17-18H,7H2,1-3H3,(H,15,16). The van der Waals surface area contributed by atoms with Gasteiger partial charge in [-0.05, 0) is 43.9 Å². The third-order valence-electron chi connectivity index (χ3n) is 2.21. The van der Waals surface area contributed by atoms with E-state index in [0.29, 0.717) is 10.6 Å². The van der Waals surface area contributed by atoms with Crippen LogP contribution in [0.25, 0.3) is 0 Å². The summed E-state index contributed by atoms with van der Waals surface area (Å²) in [6.45, 7) is 5.41. The van der Waals surface area contributed by atoms with Gasteiger partial charge in [0.2, 0.25) is 0 Å². The van der Waals surface area contributed by atoms with Crippen molar-refractivity contribution in [3.63, 3.8) is 0 Å². The van der Waals surface area contributed by atoms with Gasteiger partial charge in [0.15, 0.2) is 0 Å². The Bertz CT molecular complexity index is 460. The predicted octanol–water partition coefficient (Wildman–Crippen LogP) is 1.04. The second-order valence-corrected chi connectivity index (χ2v) is 5.51. The Hall–Kier alpha value is -1.24. The second-order valence-electron chi connectivity index (χ2n) is 5.07. The highest BCUT2D eigenvalue weighted by atomic mass is 35.5. The molecule has 104 valence electrons. The number of rotatable bonds is 3. The number of nitrogens with one attached hydrogen (secondary N) is 1. The van der Waals surface area contributed by atoms with Gasteiger partial charge < -0.3 is 20.1 Å². The third kappa shape index (κ3) is 5.51. The Labute approximate surface area is 117 Å². The van der Waals surface area contributed by atoms with Gasteiger partial charge >= 0.3 is 13.2 Å². The van der Waals surface area contributed by atoms with Gasteiger partial charge in [0, 0.05) is 11.6 Å². The first-order valence-electron chi connectivity index (χ1n) is 5.80. The number of amides is 1. The van der Waals surface area contributed by atoms with Gasteiger partial charge in [0.1, 0.15) is 5.60 Å². The maximum absolute atomic E-state index is 11.5. The van der Waals surface area contributed by atoms with E-state index in [-0.39, 0.29) is 12.0 Å². The summed E-state index contributed by atoms with van der Waals surface area (Å²) in [5, 5.41) is 21.4. The quantitative estimate of drug-likeness (QED) is 0.725. The zero-order valence-corrected chi connectivity index (χ0v) is 11.9. The minimum atomic E-state index is -1.64. The van der Waals surface area contributed by atoms with Crippen LogP contribution in [0.4, 0.5) is 4.79 Å². The fraction of sp³-hybridized carbons (Fsp3) is 0.417. The molecule has 1 aromatic rings. The van der Waals surface area contributed by atoms with E-state index in [2.05, 4.69) is 5.32 Å². The molecule has 5 nitrogen and oxygen atoms in total. The lowest BCUT2D eigenvalue weighted by Gasteiger charge is -2.20. The van der Waals surface area contributed by atoms with Crippen LogP contribution in [0, 0.1) is 0 Å². The minimum Gasteiger partial charge on any atom is -0.444 e. The van der Waals surface area contributed by atoms with E-state index in [1.807, 2.05) is 0 Å². The molecule has 0 saturated heterocycles. The molecule has 0 spiro atoms. The molecule has 0 aliphatic heterocycles. The highest BCUT2D eigenvalue weighted by molar-refractivity contribution is 6.59. The number of ether oxygens (including phenoxy) is 1. The molecule has 0 unspecified atom stereocenters. The van der Waals surface area contributed by atoms with Crippen LogP contribution < -0.4 is 10.8 Å². The zero-order valence-electron chi connectivity index (χ0n) is 11.1. The Kier molecular flexibility index (Phi) is 5.23. The Morgan fingerprint density at radius 3 is 2.58 bits per heavy atom. The molecule has 0 bridgehead atoms. The average molecular weight is 286 g/mol. The van der Waals surface area contributed by atoms with E-state index in [9.17, 15) is 14.8 Å². The van der Waals surface area contributed by atoms with Crippen LogP contribution in [0.5, 0.6) is 0 Å². The number of carbonyl (C=O) groups is 1. The van der Waals surface area contributed by atoms with Crippen LogP contribution in [0.15, 0.2) is 18.2 Å². The largest absolute Gasteiger partial charge is 0.488 e. The summed E-state index contributed by atoms with van der Waals surface area (Å²) in [6.07, 6.45) is -0.569. The number of halogens is 1. The van der Waals surface area contributed by atoms with Crippen molar-refractivity contribution >= 4 is 30.3 Å². The molecule has 0 aliphatic rings. The monoisotopic (exact) mass is 285 g/mol. The third-order valence-corrected chi connectivity index (χ3v) is 2.44. The number of carbonyl (C=O) groups excluding carboxylic acids is 1. The first-order chi connectivity index (χ1) is 8.69. The van der Waals surface area contributed by atoms with Crippen LogP contribution in [-0.4, -0.2) is 28.9 Å². The van der Waals surface area contributed by atoms with Gasteiger partial charge in [-0.2, -0.15) is 0 Å². The molecule has 3 N–H and O–H groups in total. The average Bonchev–Trinajstić information content (AvgIpc) is 2.24. The fourth-order valence-electron chi connectivity index (χ4n) is 1.45. The van der Waals surface area contributed by atoms with Crippen molar-refractivity contribution < 1.29 is 19.6 Å². The number of alkyl carbamates (subject to hydrolysis) is 1. The molecule has 1 rings (SSSR count). The van der Waals surface area contributed by atoms with Crippen LogP contribution in [0.2, 0.25) is 5.02 Å². The molecule has 0 fully saturated rings. The maximum Gasteiger partial charge on any atom is 0.488 e. The molecule has 0 radical (unpaired) electrons. The van der Waals surface area contributed by atoms with E-state index in [1.54, 1.807) is 32.9 Å². The van der Waals surface area contributed by atoms with Gasteiger partial charge in [0.25, 0.3) is 0 Å². The van der Waals surface area contributed by atoms with Crippen LogP contribution >= 0.6 is 11.6 Å². The molecule has 1 amide bonds. The minimum absolute atomic E-state index is 0.124. The molecule has 0 atom stereocenters. The Morgan fingerprint density at radius 1 is 1.42 bits per heavy atom. The van der Waals surface area contributed by atoms with E-state index in [1.165, 1.54) is 6.07 Å². The lowest BCUT2D eigenvalue weighted by molar-refractivity contribution is 0.0523. The van der Waals surface area contributed by atoms with Crippen LogP contribution in [0.1, 0.15) is 26.3 Å². The molecule has 0 heterocycles. The summed E-state index contributed by atoms with van der Waals surface area (Å²) in [6, 6.07) is 4.67. The van der Waals surface area contributed by atoms with Crippen molar-refractivity contribution in [1.82, 2.24) is 5.32 Å². The van der Waals surface area contributed by atoms with Crippen molar-refractivity contribution in [3.8, 4) is 0 Å². The van der Waals surface area contributed by atoms with Gasteiger partial charge in [-0.3, -0.25) is 0 Å². The smallest absolute Gasteiger partial charge is 0.444 e. The normalized spacial score (nSPS) is 11.1. The summed E-state index contributed by atoms with van der Waals surface area (Å²) in [5.74, 6) is 0. The highest BCUT2D eigenvalue weighted by Crippen LogP contribution is 2.09. The van der Waals surface area contributed by atoms with Gasteiger partial charge in [-0.15, -0.1) is 0 Å². The van der Waals surface area contributed by atoms with Crippen molar-refractivity contribution in [2.24, 2.45) is 0 Å². The van der Waals surface area contributed by atoms with Crippen molar-refractivity contribution in [2.45, 2.75) is 32.9 Å². The lowest BCUT2D eigenvalue weighted by Crippen LogP contribution is -2.37. The van der Waals surface area contributed by atoms with Gasteiger partial charge in [-0.25, -0.2) is 4.79 Å². The second kappa shape index (κ2) is 6.28. The number of hydrogen-bond donors (Lipinski definition) is 3. The van der Waals surface area contributed by atoms with E-state index in [0.717, 1.165) is 0 Å². The summed E-state index contributed by atoms with van der Waals surface area (Å²) in [7, 11) is -1.64. The Balaban J connectivity index is 2.70. The zero-order chi connectivity index (χ0) is 14.6. The molecule has 0 aliphatic carbocycles. The molecular formula is C12H17BClNO4. The highest BCUT2D eigenvalue weighted by Gasteiger charge is 2.19. The first-order valence-corrected chi connectivity index (χ1v) is 6.18. The number of benzene rings is 1. The van der Waals surface area contributed by atoms with Gasteiger partial charge in [-0.1, -0.05) is 17.7 Å². The molecule has 1 aromatic carbocycles. The fourth-order valence-corrected chi connectivity index (χ4v) is 1.63. The summed E-state index contributed by atoms with van der Waals surface area (Å²) in [5.41, 5.74) is 0.234. The molecular weight excluding hydrogens is 268 g/mol. The molecule has 19 heavy (non-hydrogen) atoms. The van der Waals surface area contributed by atoms with Crippen molar-refractivity contribution in [2.75, 3.05) is 0 Å². The Morgan fingerprint density at radius 2 is 2.05 bits per heavy atom.